The van der Waals surface area contributed by atoms with E-state index in [0.29, 0.717) is 40.4 Å². The highest BCUT2D eigenvalue weighted by Gasteiger charge is 2.57. The molecule has 51 heavy (non-hydrogen) atoms. The number of nitrogens with zero attached hydrogens (tertiary/aromatic N) is 2. The van der Waals surface area contributed by atoms with Gasteiger partial charge in [0.25, 0.3) is 5.91 Å². The number of carbonyl (C=O) groups is 2. The van der Waals surface area contributed by atoms with Gasteiger partial charge in [0.2, 0.25) is 5.91 Å². The molecule has 2 amide bonds. The van der Waals surface area contributed by atoms with Crippen LogP contribution < -0.4 is 15.4 Å². The van der Waals surface area contributed by atoms with Crippen LogP contribution in [-0.2, 0) is 20.9 Å². The Morgan fingerprint density at radius 1 is 1.10 bits per heavy atom. The summed E-state index contributed by atoms with van der Waals surface area (Å²) in [5.41, 5.74) is 3.38. The van der Waals surface area contributed by atoms with E-state index < -0.39 is 24.2 Å². The number of carbonyl (C=O) groups excluding carboxylic acids is 2. The highest BCUT2D eigenvalue weighted by molar-refractivity contribution is 5.96. The van der Waals surface area contributed by atoms with E-state index in [0.717, 1.165) is 36.1 Å². The zero-order valence-electron chi connectivity index (χ0n) is 32.4. The lowest BCUT2D eigenvalue weighted by Gasteiger charge is -2.62. The van der Waals surface area contributed by atoms with E-state index in [-0.39, 0.29) is 37.0 Å². The molecule has 0 radical (unpaired) electrons. The number of hydrogen-bond acceptors (Lipinski definition) is 8. The Labute approximate surface area is 305 Å². The summed E-state index contributed by atoms with van der Waals surface area (Å²) in [6.45, 7) is 14.3. The standard InChI is InChI=1S/C41H62N4O6/c1-24(2)17-31(22-44(7)8)42-39(47)28-14-11-13-27(18-28)32-16-12-15-29(38(32)50-10)21-45-37(36(26(4)46)35(51-45)23-49-9)40(48)43-34-20-30-19-33(25(34)3)41(30,5)6/h11-16,18,24-26,30-31,33-37,46H,17,19-23H2,1-10H3,(H,42,47)(H,43,48)/t25-,26-,30+,31+,33-,34-,35-,36-,37-/m0/s1. The number of ether oxygens (including phenoxy) is 2. The molecule has 282 valence electrons. The van der Waals surface area contributed by atoms with Crippen molar-refractivity contribution in [1.29, 1.82) is 0 Å². The maximum Gasteiger partial charge on any atom is 0.251 e. The van der Waals surface area contributed by atoms with Crippen molar-refractivity contribution in [3.05, 3.63) is 53.6 Å². The van der Waals surface area contributed by atoms with Crippen LogP contribution in [0.3, 0.4) is 0 Å². The van der Waals surface area contributed by atoms with Crippen LogP contribution in [0.1, 0.15) is 76.7 Å². The average Bonchev–Trinajstić information content (AvgIpc) is 3.42. The largest absolute Gasteiger partial charge is 0.496 e. The van der Waals surface area contributed by atoms with Gasteiger partial charge in [-0.15, -0.1) is 0 Å². The summed E-state index contributed by atoms with van der Waals surface area (Å²) in [5, 5.41) is 19.4. The number of likely N-dealkylation sites (N-methyl/N-ethyl adjacent to an activating group) is 1. The van der Waals surface area contributed by atoms with Gasteiger partial charge >= 0.3 is 0 Å². The molecule has 0 spiro atoms. The summed E-state index contributed by atoms with van der Waals surface area (Å²) in [7, 11) is 7.27. The van der Waals surface area contributed by atoms with Gasteiger partial charge in [0.1, 0.15) is 17.9 Å². The van der Waals surface area contributed by atoms with Gasteiger partial charge < -0.3 is 30.1 Å². The number of aliphatic hydroxyl groups is 1. The van der Waals surface area contributed by atoms with Crippen LogP contribution in [0.5, 0.6) is 5.75 Å². The highest BCUT2D eigenvalue weighted by atomic mass is 16.7. The first-order valence-electron chi connectivity index (χ1n) is 18.8. The molecule has 2 aromatic carbocycles. The molecule has 3 saturated carbocycles. The number of fused-ring (bicyclic) bond motifs is 2. The third kappa shape index (κ3) is 8.46. The van der Waals surface area contributed by atoms with Gasteiger partial charge in [-0.3, -0.25) is 14.4 Å². The van der Waals surface area contributed by atoms with Crippen molar-refractivity contribution in [3.8, 4) is 16.9 Å². The van der Waals surface area contributed by atoms with E-state index in [1.54, 1.807) is 26.2 Å². The van der Waals surface area contributed by atoms with Crippen molar-refractivity contribution in [1.82, 2.24) is 20.6 Å². The number of para-hydroxylation sites is 1. The van der Waals surface area contributed by atoms with Gasteiger partial charge in [0.05, 0.1) is 26.4 Å². The third-order valence-electron chi connectivity index (χ3n) is 12.0. The second kappa shape index (κ2) is 16.3. The number of methoxy groups -OCH3 is 2. The SMILES string of the molecule is COC[C@@H]1ON(Cc2cccc(-c3cccc(C(=O)N[C@H](CC(C)C)CN(C)C)c3)c2OC)[C@H](C(=O)N[C@H]2C[C@H]3C[C@@H]([C@@H]2C)C3(C)C)[C@H]1[C@H](C)O. The van der Waals surface area contributed by atoms with Gasteiger partial charge in [-0.2, -0.15) is 5.06 Å². The Kier molecular flexibility index (Phi) is 12.6. The van der Waals surface area contributed by atoms with E-state index in [2.05, 4.69) is 50.2 Å². The third-order valence-corrected chi connectivity index (χ3v) is 12.0. The zero-order valence-corrected chi connectivity index (χ0v) is 32.4. The van der Waals surface area contributed by atoms with E-state index in [1.165, 1.54) is 6.42 Å². The van der Waals surface area contributed by atoms with Crippen LogP contribution in [0.4, 0.5) is 0 Å². The van der Waals surface area contributed by atoms with Crippen molar-refractivity contribution in [2.24, 2.45) is 35.0 Å². The number of amides is 2. The van der Waals surface area contributed by atoms with Crippen LogP contribution in [-0.4, -0.2) is 98.7 Å². The van der Waals surface area contributed by atoms with E-state index in [9.17, 15) is 14.7 Å². The molecule has 1 heterocycles. The van der Waals surface area contributed by atoms with E-state index in [1.807, 2.05) is 56.6 Å². The lowest BCUT2D eigenvalue weighted by Crippen LogP contribution is -2.62. The van der Waals surface area contributed by atoms with E-state index >= 15 is 0 Å². The molecule has 6 rings (SSSR count). The lowest BCUT2D eigenvalue weighted by molar-refractivity contribution is -0.185. The Hall–Kier alpha value is -3.02. The van der Waals surface area contributed by atoms with Crippen LogP contribution >= 0.6 is 0 Å². The van der Waals surface area contributed by atoms with Crippen LogP contribution in [0, 0.1) is 35.0 Å². The van der Waals surface area contributed by atoms with Crippen LogP contribution in [0.2, 0.25) is 0 Å². The van der Waals surface area contributed by atoms with Gasteiger partial charge in [-0.25, -0.2) is 0 Å². The second-order valence-corrected chi connectivity index (χ2v) is 16.6. The zero-order chi connectivity index (χ0) is 37.2. The molecule has 0 aromatic heterocycles. The minimum absolute atomic E-state index is 0.0332. The summed E-state index contributed by atoms with van der Waals surface area (Å²) in [5.74, 6) is 1.91. The van der Waals surface area contributed by atoms with Gasteiger partial charge in [0, 0.05) is 48.3 Å². The molecule has 2 aromatic rings. The van der Waals surface area contributed by atoms with Crippen molar-refractivity contribution in [2.45, 2.75) is 97.7 Å². The quantitative estimate of drug-likeness (QED) is 0.226. The molecule has 0 unspecified atom stereocenters. The Balaban J connectivity index is 1.40. The number of hydrogen-bond donors (Lipinski definition) is 3. The molecule has 1 saturated heterocycles. The fourth-order valence-electron chi connectivity index (χ4n) is 9.27. The molecule has 10 heteroatoms. The maximum atomic E-state index is 14.3. The Morgan fingerprint density at radius 3 is 2.43 bits per heavy atom. The predicted octanol–water partition coefficient (Wildman–Crippen LogP) is 5.38. The molecule has 1 aliphatic heterocycles. The first-order chi connectivity index (χ1) is 24.2. The van der Waals surface area contributed by atoms with Gasteiger partial charge in [-0.1, -0.05) is 65.0 Å². The van der Waals surface area contributed by atoms with Crippen molar-refractivity contribution in [3.63, 3.8) is 0 Å². The molecule has 2 bridgehead atoms. The molecular formula is C41H62N4O6. The average molecular weight is 707 g/mol. The fourth-order valence-corrected chi connectivity index (χ4v) is 9.27. The van der Waals surface area contributed by atoms with E-state index in [4.69, 9.17) is 14.3 Å². The molecule has 4 aliphatic rings. The summed E-state index contributed by atoms with van der Waals surface area (Å²) < 4.78 is 11.5. The lowest BCUT2D eigenvalue weighted by atomic mass is 9.45. The minimum atomic E-state index is -0.804. The smallest absolute Gasteiger partial charge is 0.251 e. The summed E-state index contributed by atoms with van der Waals surface area (Å²) in [6.07, 6.45) is 1.77. The number of aliphatic hydroxyl groups excluding tert-OH is 1. The molecule has 4 fully saturated rings. The van der Waals surface area contributed by atoms with Crippen LogP contribution in [0.25, 0.3) is 11.1 Å². The van der Waals surface area contributed by atoms with Crippen molar-refractivity contribution >= 4 is 11.8 Å². The van der Waals surface area contributed by atoms with Crippen LogP contribution in [0.15, 0.2) is 42.5 Å². The number of nitrogens with one attached hydrogen (secondary N) is 2. The summed E-state index contributed by atoms with van der Waals surface area (Å²) in [4.78, 5) is 36.3. The molecular weight excluding hydrogens is 644 g/mol. The topological polar surface area (TPSA) is 113 Å². The fraction of sp³-hybridized carbons (Fsp3) is 0.659. The first-order valence-corrected chi connectivity index (χ1v) is 18.8. The summed E-state index contributed by atoms with van der Waals surface area (Å²) >= 11 is 0. The summed E-state index contributed by atoms with van der Waals surface area (Å²) in [6, 6.07) is 12.9. The first kappa shape index (κ1) is 39.2. The van der Waals surface area contributed by atoms with Crippen molar-refractivity contribution < 1.29 is 29.0 Å². The minimum Gasteiger partial charge on any atom is -0.496 e. The highest BCUT2D eigenvalue weighted by Crippen LogP contribution is 2.61. The number of benzene rings is 2. The number of hydroxylamine groups is 2. The molecule has 9 atom stereocenters. The Morgan fingerprint density at radius 2 is 1.82 bits per heavy atom. The monoisotopic (exact) mass is 706 g/mol. The van der Waals surface area contributed by atoms with Gasteiger partial charge in [0.15, 0.2) is 0 Å². The van der Waals surface area contributed by atoms with Crippen molar-refractivity contribution in [2.75, 3.05) is 41.5 Å². The normalized spacial score (nSPS) is 28.3. The Bertz CT molecular complexity index is 1500. The second-order valence-electron chi connectivity index (χ2n) is 16.6. The molecule has 3 N–H and O–H groups in total. The number of rotatable bonds is 15. The maximum absolute atomic E-state index is 14.3. The molecule has 10 nitrogen and oxygen atoms in total. The van der Waals surface area contributed by atoms with Gasteiger partial charge in [-0.05, 0) is 87.1 Å². The molecule has 3 aliphatic carbocycles. The predicted molar refractivity (Wildman–Crippen MR) is 200 cm³/mol.